The molecule has 1 fully saturated rings. The third-order valence-corrected chi connectivity index (χ3v) is 2.84. The van der Waals surface area contributed by atoms with Crippen LogP contribution in [0.5, 0.6) is 0 Å². The fraction of sp³-hybridized carbons (Fsp3) is 0.800. The predicted molar refractivity (Wildman–Crippen MR) is 33.1 cm³/mol. The van der Waals surface area contributed by atoms with Crippen LogP contribution in [0.25, 0.3) is 0 Å². The maximum absolute atomic E-state index is 10.2. The van der Waals surface area contributed by atoms with Crippen LogP contribution in [-0.2, 0) is 4.79 Å². The van der Waals surface area contributed by atoms with E-state index in [4.69, 9.17) is 5.11 Å². The van der Waals surface area contributed by atoms with E-state index in [1.165, 1.54) is 11.8 Å². The standard InChI is InChI=1S/C5H8O2S/c1-5(2)3(8-5)4(6)7/h3H,1-2H3,(H,6,7)/t3-/m0/s1. The van der Waals surface area contributed by atoms with E-state index in [9.17, 15) is 4.79 Å². The summed E-state index contributed by atoms with van der Waals surface area (Å²) in [4.78, 5) is 10.2. The number of carbonyl (C=O) groups is 1. The molecule has 0 amide bonds. The Labute approximate surface area is 52.3 Å². The maximum Gasteiger partial charge on any atom is 0.318 e. The minimum atomic E-state index is -0.681. The van der Waals surface area contributed by atoms with Crippen molar-refractivity contribution in [2.24, 2.45) is 0 Å². The van der Waals surface area contributed by atoms with Gasteiger partial charge in [-0.25, -0.2) is 0 Å². The highest BCUT2D eigenvalue weighted by molar-refractivity contribution is 8.09. The molecule has 0 bridgehead atoms. The lowest BCUT2D eigenvalue weighted by molar-refractivity contribution is -0.135. The first-order valence-corrected chi connectivity index (χ1v) is 3.32. The van der Waals surface area contributed by atoms with Crippen molar-refractivity contribution in [3.63, 3.8) is 0 Å². The number of carboxylic acid groups (broad SMARTS) is 1. The molecule has 0 aromatic carbocycles. The van der Waals surface area contributed by atoms with Gasteiger partial charge in [0.05, 0.1) is 0 Å². The summed E-state index contributed by atoms with van der Waals surface area (Å²) in [6.07, 6.45) is 0. The zero-order chi connectivity index (χ0) is 6.36. The molecule has 46 valence electrons. The molecule has 1 N–H and O–H groups in total. The summed E-state index contributed by atoms with van der Waals surface area (Å²) < 4.78 is 0.00579. The van der Waals surface area contributed by atoms with Crippen molar-refractivity contribution < 1.29 is 9.90 Å². The first kappa shape index (κ1) is 5.95. The van der Waals surface area contributed by atoms with Crippen LogP contribution in [0.1, 0.15) is 13.8 Å². The number of hydrogen-bond donors (Lipinski definition) is 1. The predicted octanol–water partition coefficient (Wildman–Crippen LogP) is 0.965. The molecule has 1 atom stereocenters. The van der Waals surface area contributed by atoms with E-state index in [2.05, 4.69) is 0 Å². The van der Waals surface area contributed by atoms with E-state index < -0.39 is 5.97 Å². The highest BCUT2D eigenvalue weighted by Gasteiger charge is 2.52. The van der Waals surface area contributed by atoms with Crippen LogP contribution in [0.15, 0.2) is 0 Å². The Morgan fingerprint density at radius 2 is 2.12 bits per heavy atom. The second-order valence-electron chi connectivity index (χ2n) is 2.44. The third-order valence-electron chi connectivity index (χ3n) is 1.22. The summed E-state index contributed by atoms with van der Waals surface area (Å²) >= 11 is 1.50. The summed E-state index contributed by atoms with van der Waals surface area (Å²) in [5.74, 6) is -0.681. The number of carboxylic acids is 1. The Balaban J connectivity index is 2.48. The van der Waals surface area contributed by atoms with E-state index in [1.54, 1.807) is 0 Å². The summed E-state index contributed by atoms with van der Waals surface area (Å²) in [6.45, 7) is 3.88. The minimum Gasteiger partial charge on any atom is -0.480 e. The van der Waals surface area contributed by atoms with Gasteiger partial charge in [-0.1, -0.05) is 0 Å². The summed E-state index contributed by atoms with van der Waals surface area (Å²) in [5.41, 5.74) is 0. The summed E-state index contributed by atoms with van der Waals surface area (Å²) in [6, 6.07) is 0. The van der Waals surface area contributed by atoms with Gasteiger partial charge in [0.2, 0.25) is 0 Å². The molecule has 0 saturated carbocycles. The molecule has 1 aliphatic heterocycles. The van der Waals surface area contributed by atoms with Crippen LogP contribution in [0.2, 0.25) is 0 Å². The van der Waals surface area contributed by atoms with Crippen molar-refractivity contribution in [1.29, 1.82) is 0 Å². The molecule has 0 spiro atoms. The van der Waals surface area contributed by atoms with Crippen LogP contribution in [0, 0.1) is 0 Å². The minimum absolute atomic E-state index is 0.00579. The van der Waals surface area contributed by atoms with Crippen molar-refractivity contribution in [1.82, 2.24) is 0 Å². The lowest BCUT2D eigenvalue weighted by atomic mass is 10.1. The molecule has 0 aromatic rings. The van der Waals surface area contributed by atoms with E-state index in [1.807, 2.05) is 13.8 Å². The van der Waals surface area contributed by atoms with Crippen molar-refractivity contribution in [3.8, 4) is 0 Å². The number of aliphatic carboxylic acids is 1. The Kier molecular flexibility index (Phi) is 1.05. The molecule has 1 heterocycles. The largest absolute Gasteiger partial charge is 0.480 e. The fourth-order valence-electron chi connectivity index (χ4n) is 0.617. The first-order chi connectivity index (χ1) is 3.54. The second kappa shape index (κ2) is 1.41. The van der Waals surface area contributed by atoms with Gasteiger partial charge >= 0.3 is 5.97 Å². The number of hydrogen-bond acceptors (Lipinski definition) is 2. The Morgan fingerprint density at radius 1 is 1.75 bits per heavy atom. The molecule has 0 aliphatic carbocycles. The summed E-state index contributed by atoms with van der Waals surface area (Å²) in [5, 5.41) is 8.22. The van der Waals surface area contributed by atoms with Gasteiger partial charge in [-0.15, -0.1) is 11.8 Å². The molecule has 1 rings (SSSR count). The van der Waals surface area contributed by atoms with Gasteiger partial charge in [0.25, 0.3) is 0 Å². The lowest BCUT2D eigenvalue weighted by Gasteiger charge is -1.90. The van der Waals surface area contributed by atoms with Gasteiger partial charge < -0.3 is 5.11 Å². The average Bonchev–Trinajstić information content (AvgIpc) is 2.13. The summed E-state index contributed by atoms with van der Waals surface area (Å²) in [7, 11) is 0. The third kappa shape index (κ3) is 0.823. The van der Waals surface area contributed by atoms with Crippen LogP contribution in [0.4, 0.5) is 0 Å². The number of rotatable bonds is 1. The van der Waals surface area contributed by atoms with Gasteiger partial charge in [-0.05, 0) is 13.8 Å². The highest BCUT2D eigenvalue weighted by Crippen LogP contribution is 2.52. The molecular formula is C5H8O2S. The molecule has 1 aliphatic rings. The van der Waals surface area contributed by atoms with Gasteiger partial charge in [0.1, 0.15) is 5.25 Å². The Hall–Kier alpha value is -0.180. The van der Waals surface area contributed by atoms with Crippen molar-refractivity contribution in [3.05, 3.63) is 0 Å². The molecule has 2 nitrogen and oxygen atoms in total. The lowest BCUT2D eigenvalue weighted by Crippen LogP contribution is -2.12. The normalized spacial score (nSPS) is 32.0. The van der Waals surface area contributed by atoms with Crippen molar-refractivity contribution in [2.75, 3.05) is 0 Å². The van der Waals surface area contributed by atoms with Gasteiger partial charge in [0, 0.05) is 4.75 Å². The number of thioether (sulfide) groups is 1. The van der Waals surface area contributed by atoms with Crippen LogP contribution in [-0.4, -0.2) is 21.1 Å². The highest BCUT2D eigenvalue weighted by atomic mass is 32.2. The quantitative estimate of drug-likeness (QED) is 0.540. The zero-order valence-corrected chi connectivity index (χ0v) is 5.66. The van der Waals surface area contributed by atoms with Gasteiger partial charge in [-0.3, -0.25) is 4.79 Å². The van der Waals surface area contributed by atoms with Gasteiger partial charge in [0.15, 0.2) is 0 Å². The van der Waals surface area contributed by atoms with Crippen LogP contribution < -0.4 is 0 Å². The van der Waals surface area contributed by atoms with Gasteiger partial charge in [-0.2, -0.15) is 0 Å². The van der Waals surface area contributed by atoms with Crippen molar-refractivity contribution >= 4 is 17.7 Å². The second-order valence-corrected chi connectivity index (χ2v) is 4.20. The van der Waals surface area contributed by atoms with E-state index in [0.29, 0.717) is 0 Å². The molecular weight excluding hydrogens is 124 g/mol. The molecule has 8 heavy (non-hydrogen) atoms. The maximum atomic E-state index is 10.2. The van der Waals surface area contributed by atoms with Crippen LogP contribution in [0.3, 0.4) is 0 Å². The van der Waals surface area contributed by atoms with E-state index >= 15 is 0 Å². The molecule has 3 heteroatoms. The molecule has 1 saturated heterocycles. The monoisotopic (exact) mass is 132 g/mol. The van der Waals surface area contributed by atoms with Crippen LogP contribution >= 0.6 is 11.8 Å². The van der Waals surface area contributed by atoms with Crippen molar-refractivity contribution in [2.45, 2.75) is 23.8 Å². The Morgan fingerprint density at radius 3 is 2.12 bits per heavy atom. The zero-order valence-electron chi connectivity index (χ0n) is 4.84. The Bertz CT molecular complexity index is 130. The molecule has 0 unspecified atom stereocenters. The van der Waals surface area contributed by atoms with E-state index in [-0.39, 0.29) is 10.00 Å². The first-order valence-electron chi connectivity index (χ1n) is 2.44. The molecule has 0 aromatic heterocycles. The average molecular weight is 132 g/mol. The van der Waals surface area contributed by atoms with E-state index in [0.717, 1.165) is 0 Å². The topological polar surface area (TPSA) is 37.3 Å². The SMILES string of the molecule is CC1(C)S[C@H]1C(=O)O. The fourth-order valence-corrected chi connectivity index (χ4v) is 1.36. The smallest absolute Gasteiger partial charge is 0.318 e. The molecule has 0 radical (unpaired) electrons.